The van der Waals surface area contributed by atoms with Gasteiger partial charge >= 0.3 is 0 Å². The van der Waals surface area contributed by atoms with Gasteiger partial charge in [-0.15, -0.1) is 6.58 Å². The van der Waals surface area contributed by atoms with Crippen LogP contribution in [0.4, 0.5) is 0 Å². The lowest BCUT2D eigenvalue weighted by Gasteiger charge is -2.08. The minimum atomic E-state index is 0.663. The summed E-state index contributed by atoms with van der Waals surface area (Å²) in [6, 6.07) is 3.96. The van der Waals surface area contributed by atoms with Crippen LogP contribution in [0.5, 0.6) is 5.75 Å². The minimum absolute atomic E-state index is 0.663. The summed E-state index contributed by atoms with van der Waals surface area (Å²) in [5.74, 6) is 1.48. The van der Waals surface area contributed by atoms with E-state index in [9.17, 15) is 0 Å². The molecule has 1 heterocycles. The third-order valence-electron chi connectivity index (χ3n) is 2.25. The summed E-state index contributed by atoms with van der Waals surface area (Å²) >= 11 is 0. The maximum absolute atomic E-state index is 5.49. The Labute approximate surface area is 104 Å². The number of ether oxygens (including phenoxy) is 1. The molecule has 1 rings (SSSR count). The van der Waals surface area contributed by atoms with E-state index in [1.165, 1.54) is 0 Å². The van der Waals surface area contributed by atoms with Crippen LogP contribution in [0.15, 0.2) is 31.0 Å². The molecule has 17 heavy (non-hydrogen) atoms. The molecule has 0 fully saturated rings. The van der Waals surface area contributed by atoms with Gasteiger partial charge in [-0.1, -0.05) is 19.9 Å². The third-order valence-corrected chi connectivity index (χ3v) is 2.25. The van der Waals surface area contributed by atoms with E-state index in [0.29, 0.717) is 12.5 Å². The molecule has 0 aliphatic rings. The van der Waals surface area contributed by atoms with Crippen molar-refractivity contribution in [2.45, 2.75) is 26.8 Å². The highest BCUT2D eigenvalue weighted by Gasteiger charge is 1.98. The smallest absolute Gasteiger partial charge is 0.137 e. The first kappa shape index (κ1) is 13.7. The number of nitrogens with one attached hydrogen (secondary N) is 1. The Morgan fingerprint density at radius 2 is 2.29 bits per heavy atom. The Hall–Kier alpha value is -1.35. The standard InChI is InChI=1S/C14H22N2O/c1-4-5-8-17-14-7-6-13(16-11-14)10-15-9-12(2)3/h4,6-7,11-12,15H,1,5,8-10H2,2-3H3. The molecule has 3 nitrogen and oxygen atoms in total. The van der Waals surface area contributed by atoms with Crippen molar-refractivity contribution >= 4 is 0 Å². The van der Waals surface area contributed by atoms with Crippen LogP contribution < -0.4 is 10.1 Å². The molecular formula is C14H22N2O. The quantitative estimate of drug-likeness (QED) is 0.555. The molecule has 0 aromatic carbocycles. The molecule has 1 N–H and O–H groups in total. The number of hydrogen-bond acceptors (Lipinski definition) is 3. The number of aromatic nitrogens is 1. The van der Waals surface area contributed by atoms with Crippen LogP contribution in [0.1, 0.15) is 26.0 Å². The summed E-state index contributed by atoms with van der Waals surface area (Å²) in [5.41, 5.74) is 1.04. The Bertz CT molecular complexity index is 319. The van der Waals surface area contributed by atoms with Gasteiger partial charge in [-0.3, -0.25) is 4.98 Å². The molecule has 0 aliphatic carbocycles. The number of hydrogen-bond donors (Lipinski definition) is 1. The molecule has 0 unspecified atom stereocenters. The highest BCUT2D eigenvalue weighted by molar-refractivity contribution is 5.19. The fourth-order valence-corrected chi connectivity index (χ4v) is 1.35. The van der Waals surface area contributed by atoms with Gasteiger partial charge < -0.3 is 10.1 Å². The van der Waals surface area contributed by atoms with E-state index >= 15 is 0 Å². The molecule has 0 spiro atoms. The van der Waals surface area contributed by atoms with Crippen LogP contribution in [-0.4, -0.2) is 18.1 Å². The Morgan fingerprint density at radius 1 is 1.47 bits per heavy atom. The molecule has 0 amide bonds. The summed E-state index contributed by atoms with van der Waals surface area (Å²) in [6.45, 7) is 10.5. The average Bonchev–Trinajstić information content (AvgIpc) is 2.31. The first-order valence-electron chi connectivity index (χ1n) is 6.11. The predicted octanol–water partition coefficient (Wildman–Crippen LogP) is 2.78. The fourth-order valence-electron chi connectivity index (χ4n) is 1.35. The summed E-state index contributed by atoms with van der Waals surface area (Å²) in [7, 11) is 0. The minimum Gasteiger partial charge on any atom is -0.492 e. The molecule has 0 radical (unpaired) electrons. The number of pyridine rings is 1. The first-order chi connectivity index (χ1) is 8.22. The zero-order valence-corrected chi connectivity index (χ0v) is 10.8. The van der Waals surface area contributed by atoms with E-state index in [1.807, 2.05) is 18.2 Å². The molecule has 0 atom stereocenters. The van der Waals surface area contributed by atoms with Crippen LogP contribution in [0.3, 0.4) is 0 Å². The van der Waals surface area contributed by atoms with Gasteiger partial charge in [0.15, 0.2) is 0 Å². The van der Waals surface area contributed by atoms with Gasteiger partial charge in [0.2, 0.25) is 0 Å². The van der Waals surface area contributed by atoms with Gasteiger partial charge in [0, 0.05) is 6.54 Å². The molecule has 0 bridgehead atoms. The van der Waals surface area contributed by atoms with Crippen molar-refractivity contribution in [1.29, 1.82) is 0 Å². The van der Waals surface area contributed by atoms with Crippen LogP contribution in [-0.2, 0) is 6.54 Å². The van der Waals surface area contributed by atoms with Crippen molar-refractivity contribution < 1.29 is 4.74 Å². The van der Waals surface area contributed by atoms with Crippen molar-refractivity contribution in [3.05, 3.63) is 36.7 Å². The summed E-state index contributed by atoms with van der Waals surface area (Å²) in [6.07, 6.45) is 4.48. The average molecular weight is 234 g/mol. The largest absolute Gasteiger partial charge is 0.492 e. The van der Waals surface area contributed by atoms with Crippen molar-refractivity contribution in [3.63, 3.8) is 0 Å². The molecule has 94 valence electrons. The van der Waals surface area contributed by atoms with Crippen LogP contribution in [0, 0.1) is 5.92 Å². The molecule has 3 heteroatoms. The van der Waals surface area contributed by atoms with E-state index in [2.05, 4.69) is 30.7 Å². The maximum Gasteiger partial charge on any atom is 0.137 e. The monoisotopic (exact) mass is 234 g/mol. The number of rotatable bonds is 8. The molecule has 1 aromatic heterocycles. The van der Waals surface area contributed by atoms with E-state index in [1.54, 1.807) is 6.20 Å². The Morgan fingerprint density at radius 3 is 2.88 bits per heavy atom. The number of nitrogens with zero attached hydrogens (tertiary/aromatic N) is 1. The zero-order valence-electron chi connectivity index (χ0n) is 10.8. The fraction of sp³-hybridized carbons (Fsp3) is 0.500. The lowest BCUT2D eigenvalue weighted by molar-refractivity contribution is 0.323. The van der Waals surface area contributed by atoms with Gasteiger partial charge in [-0.25, -0.2) is 0 Å². The van der Waals surface area contributed by atoms with Crippen LogP contribution >= 0.6 is 0 Å². The topological polar surface area (TPSA) is 34.1 Å². The highest BCUT2D eigenvalue weighted by atomic mass is 16.5. The van der Waals surface area contributed by atoms with Crippen LogP contribution in [0.2, 0.25) is 0 Å². The second kappa shape index (κ2) is 7.85. The first-order valence-corrected chi connectivity index (χ1v) is 6.11. The molecule has 0 aliphatic heterocycles. The van der Waals surface area contributed by atoms with E-state index < -0.39 is 0 Å². The summed E-state index contributed by atoms with van der Waals surface area (Å²) in [4.78, 5) is 4.34. The van der Waals surface area contributed by atoms with Gasteiger partial charge in [0.25, 0.3) is 0 Å². The SMILES string of the molecule is C=CCCOc1ccc(CNCC(C)C)nc1. The Balaban J connectivity index is 2.31. The maximum atomic E-state index is 5.49. The van der Waals surface area contributed by atoms with Gasteiger partial charge in [0.1, 0.15) is 5.75 Å². The van der Waals surface area contributed by atoms with Gasteiger partial charge in [-0.2, -0.15) is 0 Å². The van der Waals surface area contributed by atoms with Gasteiger partial charge in [-0.05, 0) is 31.0 Å². The van der Waals surface area contributed by atoms with Crippen LogP contribution in [0.25, 0.3) is 0 Å². The zero-order chi connectivity index (χ0) is 12.5. The second-order valence-corrected chi connectivity index (χ2v) is 4.44. The molecular weight excluding hydrogens is 212 g/mol. The third kappa shape index (κ3) is 6.07. The Kier molecular flexibility index (Phi) is 6.33. The summed E-state index contributed by atoms with van der Waals surface area (Å²) in [5, 5.41) is 3.36. The van der Waals surface area contributed by atoms with Crippen molar-refractivity contribution in [2.75, 3.05) is 13.2 Å². The van der Waals surface area contributed by atoms with Crippen molar-refractivity contribution in [3.8, 4) is 5.75 Å². The van der Waals surface area contributed by atoms with E-state index in [-0.39, 0.29) is 0 Å². The summed E-state index contributed by atoms with van der Waals surface area (Å²) < 4.78 is 5.49. The van der Waals surface area contributed by atoms with E-state index in [0.717, 1.165) is 31.0 Å². The normalized spacial score (nSPS) is 10.5. The second-order valence-electron chi connectivity index (χ2n) is 4.44. The lowest BCUT2D eigenvalue weighted by atomic mass is 10.2. The van der Waals surface area contributed by atoms with E-state index in [4.69, 9.17) is 4.74 Å². The molecule has 1 aromatic rings. The van der Waals surface area contributed by atoms with Gasteiger partial charge in [0.05, 0.1) is 18.5 Å². The van der Waals surface area contributed by atoms with Crippen molar-refractivity contribution in [2.24, 2.45) is 5.92 Å². The highest BCUT2D eigenvalue weighted by Crippen LogP contribution is 2.09. The predicted molar refractivity (Wildman–Crippen MR) is 71.1 cm³/mol. The van der Waals surface area contributed by atoms with Crippen molar-refractivity contribution in [1.82, 2.24) is 10.3 Å². The molecule has 0 saturated carbocycles. The molecule has 0 saturated heterocycles. The lowest BCUT2D eigenvalue weighted by Crippen LogP contribution is -2.19.